The highest BCUT2D eigenvalue weighted by molar-refractivity contribution is 7.26. The largest absolute Gasteiger partial charge is 0.301 e. The van der Waals surface area contributed by atoms with Crippen LogP contribution in [0.25, 0.3) is 36.6 Å². The highest BCUT2D eigenvalue weighted by Gasteiger charge is 2.21. The van der Waals surface area contributed by atoms with Crippen molar-refractivity contribution in [3.8, 4) is 15.4 Å². The van der Waals surface area contributed by atoms with E-state index in [0.29, 0.717) is 0 Å². The van der Waals surface area contributed by atoms with Gasteiger partial charge in [-0.3, -0.25) is 4.79 Å². The molecule has 5 rings (SSSR count). The highest BCUT2D eigenvalue weighted by atomic mass is 32.1. The van der Waals surface area contributed by atoms with Crippen molar-refractivity contribution in [3.05, 3.63) is 76.7 Å². The first-order valence-electron chi connectivity index (χ1n) is 11.3. The summed E-state index contributed by atoms with van der Waals surface area (Å²) in [6.45, 7) is 13.5. The molecule has 0 saturated heterocycles. The lowest BCUT2D eigenvalue weighted by atomic mass is 9.86. The maximum atomic E-state index is 11.2. The molecule has 0 amide bonds. The fourth-order valence-corrected chi connectivity index (χ4v) is 6.41. The lowest BCUT2D eigenvalue weighted by molar-refractivity contribution is 0.112. The molecule has 3 heterocycles. The van der Waals surface area contributed by atoms with Gasteiger partial charge >= 0.3 is 0 Å². The molecule has 3 aromatic heterocycles. The summed E-state index contributed by atoms with van der Waals surface area (Å²) in [6, 6.07) is 22.2. The van der Waals surface area contributed by atoms with Crippen LogP contribution in [0.2, 0.25) is 0 Å². The summed E-state index contributed by atoms with van der Waals surface area (Å²) in [7, 11) is 0. The van der Waals surface area contributed by atoms with Gasteiger partial charge in [-0.15, -0.1) is 22.7 Å². The number of aldehydes is 1. The van der Waals surface area contributed by atoms with E-state index in [1.54, 1.807) is 22.7 Å². The Balaban J connectivity index is 1.77. The molecule has 0 aliphatic rings. The number of thiophene rings is 2. The Kier molecular flexibility index (Phi) is 5.15. The van der Waals surface area contributed by atoms with Crippen LogP contribution < -0.4 is 0 Å². The zero-order chi connectivity index (χ0) is 23.5. The molecule has 0 N–H and O–H groups in total. The maximum Gasteiger partial charge on any atom is 0.160 e. The predicted molar refractivity (Wildman–Crippen MR) is 145 cm³/mol. The molecule has 0 aliphatic heterocycles. The fraction of sp³-hybridized carbons (Fsp3) is 0.276. The summed E-state index contributed by atoms with van der Waals surface area (Å²) in [4.78, 5) is 15.6. The first kappa shape index (κ1) is 22.1. The van der Waals surface area contributed by atoms with Gasteiger partial charge in [0.05, 0.1) is 10.4 Å². The third-order valence-corrected chi connectivity index (χ3v) is 8.61. The Morgan fingerprint density at radius 2 is 1.36 bits per heavy atom. The molecule has 0 spiro atoms. The molecule has 168 valence electrons. The third kappa shape index (κ3) is 3.85. The number of aromatic nitrogens is 1. The summed E-state index contributed by atoms with van der Waals surface area (Å²) >= 11 is 3.36. The van der Waals surface area contributed by atoms with Gasteiger partial charge in [0, 0.05) is 26.2 Å². The van der Waals surface area contributed by atoms with Gasteiger partial charge in [0.15, 0.2) is 6.29 Å². The van der Waals surface area contributed by atoms with Crippen LogP contribution in [0.1, 0.15) is 62.3 Å². The summed E-state index contributed by atoms with van der Waals surface area (Å²) in [5.41, 5.74) is 5.30. The molecule has 0 saturated carbocycles. The summed E-state index contributed by atoms with van der Waals surface area (Å²) in [5.74, 6) is 0. The van der Waals surface area contributed by atoms with Crippen molar-refractivity contribution in [2.45, 2.75) is 52.4 Å². The molecule has 2 aromatic carbocycles. The lowest BCUT2D eigenvalue weighted by Crippen LogP contribution is -2.11. The standard InChI is InChI=1S/C29H29NOS2/c1-28(2,3)18-7-10-20(11-8-18)30-24-13-9-19(29(4,5)6)15-22(24)23-16-26(33-27(23)30)25-14-12-21(17-31)32-25/h7-17H,1-6H3. The second kappa shape index (κ2) is 7.68. The molecular weight excluding hydrogens is 442 g/mol. The van der Waals surface area contributed by atoms with E-state index in [0.717, 1.165) is 16.0 Å². The number of carbonyl (C=O) groups is 1. The van der Waals surface area contributed by atoms with E-state index in [1.807, 2.05) is 6.07 Å². The van der Waals surface area contributed by atoms with Crippen LogP contribution in [-0.4, -0.2) is 10.9 Å². The van der Waals surface area contributed by atoms with Crippen molar-refractivity contribution in [2.24, 2.45) is 0 Å². The van der Waals surface area contributed by atoms with E-state index >= 15 is 0 Å². The van der Waals surface area contributed by atoms with Gasteiger partial charge < -0.3 is 4.57 Å². The number of hydrogen-bond acceptors (Lipinski definition) is 3. The van der Waals surface area contributed by atoms with Gasteiger partial charge in [-0.1, -0.05) is 59.7 Å². The van der Waals surface area contributed by atoms with Gasteiger partial charge in [0.2, 0.25) is 0 Å². The van der Waals surface area contributed by atoms with E-state index in [4.69, 9.17) is 0 Å². The molecule has 0 fully saturated rings. The lowest BCUT2D eigenvalue weighted by Gasteiger charge is -2.20. The third-order valence-electron chi connectivity index (χ3n) is 6.29. The van der Waals surface area contributed by atoms with E-state index in [1.165, 1.54) is 42.8 Å². The Morgan fingerprint density at radius 1 is 0.697 bits per heavy atom. The summed E-state index contributed by atoms with van der Waals surface area (Å²) in [5, 5.41) is 2.56. The molecule has 4 heteroatoms. The molecule has 0 unspecified atom stereocenters. The normalized spacial score (nSPS) is 12.7. The van der Waals surface area contributed by atoms with Crippen molar-refractivity contribution >= 4 is 50.1 Å². The number of nitrogens with zero attached hydrogens (tertiary/aromatic N) is 1. The van der Waals surface area contributed by atoms with Crippen molar-refractivity contribution in [2.75, 3.05) is 0 Å². The van der Waals surface area contributed by atoms with Crippen molar-refractivity contribution < 1.29 is 4.79 Å². The molecule has 33 heavy (non-hydrogen) atoms. The zero-order valence-corrected chi connectivity index (χ0v) is 21.7. The Bertz CT molecular complexity index is 1480. The molecule has 0 radical (unpaired) electrons. The minimum absolute atomic E-state index is 0.0857. The van der Waals surface area contributed by atoms with E-state index < -0.39 is 0 Å². The second-order valence-electron chi connectivity index (χ2n) is 10.8. The summed E-state index contributed by atoms with van der Waals surface area (Å²) in [6.07, 6.45) is 0.934. The minimum Gasteiger partial charge on any atom is -0.301 e. The van der Waals surface area contributed by atoms with Crippen molar-refractivity contribution in [3.63, 3.8) is 0 Å². The first-order chi connectivity index (χ1) is 15.6. The monoisotopic (exact) mass is 471 g/mol. The maximum absolute atomic E-state index is 11.2. The van der Waals surface area contributed by atoms with Gasteiger partial charge in [0.25, 0.3) is 0 Å². The van der Waals surface area contributed by atoms with Crippen molar-refractivity contribution in [1.82, 2.24) is 4.57 Å². The molecule has 2 nitrogen and oxygen atoms in total. The van der Waals surface area contributed by atoms with Crippen LogP contribution in [0, 0.1) is 0 Å². The fourth-order valence-electron chi connectivity index (χ4n) is 4.30. The Morgan fingerprint density at radius 3 is 1.97 bits per heavy atom. The second-order valence-corrected chi connectivity index (χ2v) is 12.9. The van der Waals surface area contributed by atoms with Crippen LogP contribution >= 0.6 is 22.7 Å². The number of benzene rings is 2. The van der Waals surface area contributed by atoms with Crippen molar-refractivity contribution in [1.29, 1.82) is 0 Å². The van der Waals surface area contributed by atoms with E-state index in [2.05, 4.69) is 101 Å². The molecule has 5 aromatic rings. The van der Waals surface area contributed by atoms with Crippen LogP contribution in [0.15, 0.2) is 60.7 Å². The van der Waals surface area contributed by atoms with Crippen LogP contribution in [-0.2, 0) is 10.8 Å². The van der Waals surface area contributed by atoms with Gasteiger partial charge in [-0.25, -0.2) is 0 Å². The molecular formula is C29H29NOS2. The number of fused-ring (bicyclic) bond motifs is 3. The quantitative estimate of drug-likeness (QED) is 0.241. The average Bonchev–Trinajstić information content (AvgIpc) is 3.46. The molecule has 0 atom stereocenters. The molecule has 0 bridgehead atoms. The molecule has 0 aliphatic carbocycles. The van der Waals surface area contributed by atoms with Gasteiger partial charge in [0.1, 0.15) is 4.83 Å². The number of hydrogen-bond donors (Lipinski definition) is 0. The zero-order valence-electron chi connectivity index (χ0n) is 20.0. The van der Waals surface area contributed by atoms with Crippen LogP contribution in [0.4, 0.5) is 0 Å². The van der Waals surface area contributed by atoms with E-state index in [9.17, 15) is 4.79 Å². The minimum atomic E-state index is 0.0857. The Hall–Kier alpha value is -2.69. The van der Waals surface area contributed by atoms with E-state index in [-0.39, 0.29) is 10.8 Å². The first-order valence-corrected chi connectivity index (χ1v) is 12.9. The number of carbonyl (C=O) groups excluding carboxylic acids is 1. The van der Waals surface area contributed by atoms with Crippen LogP contribution in [0.3, 0.4) is 0 Å². The smallest absolute Gasteiger partial charge is 0.160 e. The Labute approximate surface area is 203 Å². The SMILES string of the molecule is CC(C)(C)c1ccc(-n2c3ccc(C(C)(C)C)cc3c3cc(-c4ccc(C=O)s4)sc32)cc1. The topological polar surface area (TPSA) is 22.0 Å². The highest BCUT2D eigenvalue weighted by Crippen LogP contribution is 2.43. The average molecular weight is 472 g/mol. The number of rotatable bonds is 3. The van der Waals surface area contributed by atoms with Crippen LogP contribution in [0.5, 0.6) is 0 Å². The van der Waals surface area contributed by atoms with Gasteiger partial charge in [-0.2, -0.15) is 0 Å². The summed E-state index contributed by atoms with van der Waals surface area (Å²) < 4.78 is 2.39. The predicted octanol–water partition coefficient (Wildman–Crippen LogP) is 8.98. The van der Waals surface area contributed by atoms with Gasteiger partial charge in [-0.05, 0) is 64.4 Å².